The van der Waals surface area contributed by atoms with Gasteiger partial charge in [-0.05, 0) is 155 Å². The molecule has 0 radical (unpaired) electrons. The van der Waals surface area contributed by atoms with Gasteiger partial charge < -0.3 is 96.3 Å². The summed E-state index contributed by atoms with van der Waals surface area (Å²) in [7, 11) is -10.7. The van der Waals surface area contributed by atoms with E-state index in [9.17, 15) is 43.2 Å². The molecule has 0 aromatic rings. The number of nitrogens with zero attached hydrogens (tertiary/aromatic N) is 2. The number of aliphatic imine (C=N–C) groups is 1. The molecule has 16 N–H and O–H groups in total. The number of rotatable bonds is 37. The Hall–Kier alpha value is -5.17. The van der Waals surface area contributed by atoms with Gasteiger partial charge in [-0.3, -0.25) is 48.1 Å². The van der Waals surface area contributed by atoms with Gasteiger partial charge in [-0.25, -0.2) is 0 Å². The third-order valence-electron chi connectivity index (χ3n) is 16.6. The van der Waals surface area contributed by atoms with Gasteiger partial charge in [-0.1, -0.05) is 27.7 Å². The van der Waals surface area contributed by atoms with Crippen LogP contribution in [-0.2, 0) is 69.1 Å². The Morgan fingerprint density at radius 2 is 1.07 bits per heavy atom. The minimum absolute atomic E-state index is 0.0487. The summed E-state index contributed by atoms with van der Waals surface area (Å²) < 4.78 is 42.4. The van der Waals surface area contributed by atoms with Crippen LogP contribution in [0.2, 0.25) is 23.7 Å². The molecule has 9 amide bonds. The standard InChI is InChI=1S/C59H112N14O15Si3/c1-9-49(74)64-33-19-37-89(41(5)6)84-42(7)53-43(8)85-90(83-40(3)4,38-20-34-65-50(75)10-2)88-91(86-53,87-89)39-21-35-67-52(77)28-27-51(76)66-31-16-13-24-46-55(79)69-44(22-11-14-29-60)54(78)70-45(23-12-15-30-61)56(80)72-47(25-17-32-68-59(62)63)58(82)73-36-18-26-48(73)57(81)71-46/h40-48,53H,9-39,60-61H2,1-8H3,(H,64,74)(H,65,75)(H,66,76)(H,67,77)(H,69,79)(H,70,78)(H,71,81)(H,72,80)(H4,62,63,68)/t42?,43?,44-,45-,46-,47-,48+,53?,89?,90?,91?/m0/s1. The van der Waals surface area contributed by atoms with Crippen molar-refractivity contribution in [3.05, 3.63) is 0 Å². The van der Waals surface area contributed by atoms with Crippen LogP contribution in [0, 0.1) is 0 Å². The van der Waals surface area contributed by atoms with Crippen LogP contribution in [0.15, 0.2) is 4.99 Å². The maximum atomic E-state index is 14.4. The summed E-state index contributed by atoms with van der Waals surface area (Å²) in [4.78, 5) is 128. The number of nitrogens with one attached hydrogen (secondary N) is 8. The van der Waals surface area contributed by atoms with Gasteiger partial charge in [0.25, 0.3) is 0 Å². The van der Waals surface area contributed by atoms with Gasteiger partial charge in [0.2, 0.25) is 53.2 Å². The van der Waals surface area contributed by atoms with E-state index in [1.165, 1.54) is 4.90 Å². The molecule has 32 heteroatoms. The van der Waals surface area contributed by atoms with Crippen molar-refractivity contribution in [2.75, 3.05) is 52.4 Å². The zero-order valence-electron chi connectivity index (χ0n) is 55.5. The number of fused-ring (bicyclic) bond motifs is 3. The van der Waals surface area contributed by atoms with Crippen LogP contribution in [0.5, 0.6) is 0 Å². The smallest absolute Gasteiger partial charge is 0.393 e. The molecule has 0 aromatic carbocycles. The lowest BCUT2D eigenvalue weighted by atomic mass is 10.0. The number of carbonyl (C=O) groups is 9. The van der Waals surface area contributed by atoms with Crippen molar-refractivity contribution < 1.29 is 69.1 Å². The molecule has 0 saturated carbocycles. The summed E-state index contributed by atoms with van der Waals surface area (Å²) in [5.74, 6) is -3.86. The molecule has 11 atom stereocenters. The van der Waals surface area contributed by atoms with E-state index >= 15 is 0 Å². The van der Waals surface area contributed by atoms with Gasteiger partial charge in [0.05, 0.1) is 18.3 Å². The van der Waals surface area contributed by atoms with Crippen molar-refractivity contribution in [3.63, 3.8) is 0 Å². The Labute approximate surface area is 542 Å². The van der Waals surface area contributed by atoms with Gasteiger partial charge in [0, 0.05) is 83.1 Å². The molecular weight excluding hydrogens is 1230 g/mol. The van der Waals surface area contributed by atoms with Crippen molar-refractivity contribution in [2.45, 2.75) is 262 Å². The Balaban J connectivity index is 1.44. The molecule has 0 spiro atoms. The summed E-state index contributed by atoms with van der Waals surface area (Å²) >= 11 is 0. The molecule has 4 aliphatic rings. The number of hydrogen-bond donors (Lipinski definition) is 12. The van der Waals surface area contributed by atoms with Crippen LogP contribution in [-0.4, -0.2) is 197 Å². The molecule has 4 fully saturated rings. The summed E-state index contributed by atoms with van der Waals surface area (Å²) in [6.45, 7) is 17.8. The van der Waals surface area contributed by atoms with Gasteiger partial charge in [-0.15, -0.1) is 0 Å². The first-order valence-corrected chi connectivity index (χ1v) is 39.5. The zero-order chi connectivity index (χ0) is 67.2. The molecule has 6 unspecified atom stereocenters. The second kappa shape index (κ2) is 40.2. The van der Waals surface area contributed by atoms with E-state index in [-0.39, 0.29) is 112 Å². The third-order valence-corrected chi connectivity index (χ3v) is 29.4. The van der Waals surface area contributed by atoms with Crippen molar-refractivity contribution in [1.29, 1.82) is 0 Å². The van der Waals surface area contributed by atoms with Crippen LogP contribution in [0.1, 0.15) is 184 Å². The molecule has 2 bridgehead atoms. The lowest BCUT2D eigenvalue weighted by molar-refractivity contribution is -0.142. The highest BCUT2D eigenvalue weighted by Gasteiger charge is 2.65. The summed E-state index contributed by atoms with van der Waals surface area (Å²) in [5.41, 5.74) is 22.6. The first kappa shape index (κ1) is 78.3. The first-order chi connectivity index (χ1) is 43.3. The lowest BCUT2D eigenvalue weighted by Gasteiger charge is -2.43. The van der Waals surface area contributed by atoms with Crippen LogP contribution < -0.4 is 65.5 Å². The normalized spacial score (nSPS) is 27.4. The zero-order valence-corrected chi connectivity index (χ0v) is 58.5. The molecule has 29 nitrogen and oxygen atoms in total. The average molecular weight is 1340 g/mol. The van der Waals surface area contributed by atoms with E-state index in [1.54, 1.807) is 13.8 Å². The number of carbonyl (C=O) groups excluding carboxylic acids is 9. The van der Waals surface area contributed by atoms with Crippen LogP contribution >= 0.6 is 0 Å². The fraction of sp³-hybridized carbons (Fsp3) is 0.831. The SMILES string of the molecule is CCC(=O)NCCC[Si]1(OC(C)C)OC(C)C2O[Si](CCCNC(=O)CCC(=O)NCCCC[C@@H]3NC(=O)[C@H]4CCCN4C(=O)[C@H](CCCN=C(N)N)NC(=O)[C@H](CCCCN)NC(=O)[C@H](CCCCN)NC3=O)(O1)O[Si](CCCNC(=O)CC)(C(C)C)OC2C. The minimum atomic E-state index is -3.84. The fourth-order valence-corrected chi connectivity index (χ4v) is 26.0. The van der Waals surface area contributed by atoms with Gasteiger partial charge in [-0.2, -0.15) is 0 Å². The molecule has 520 valence electrons. The number of guanidine groups is 1. The Kier molecular flexibility index (Phi) is 34.5. The molecule has 0 aromatic heterocycles. The minimum Gasteiger partial charge on any atom is -0.393 e. The van der Waals surface area contributed by atoms with Gasteiger partial charge >= 0.3 is 26.2 Å². The molecular formula is C59H112N14O15Si3. The lowest BCUT2D eigenvalue weighted by Crippen LogP contribution is -2.63. The molecule has 4 saturated heterocycles. The van der Waals surface area contributed by atoms with E-state index in [4.69, 9.17) is 48.9 Å². The van der Waals surface area contributed by atoms with Crippen molar-refractivity contribution in [3.8, 4) is 0 Å². The highest BCUT2D eigenvalue weighted by atomic mass is 28.5. The molecule has 4 aliphatic heterocycles. The highest BCUT2D eigenvalue weighted by molar-refractivity contribution is 6.83. The van der Waals surface area contributed by atoms with Crippen molar-refractivity contribution in [1.82, 2.24) is 47.4 Å². The maximum absolute atomic E-state index is 14.4. The fourth-order valence-electron chi connectivity index (χ4n) is 11.6. The number of amides is 9. The number of nitrogens with two attached hydrogens (primary N) is 4. The summed E-state index contributed by atoms with van der Waals surface area (Å²) in [6, 6.07) is -4.14. The van der Waals surface area contributed by atoms with Crippen LogP contribution in [0.3, 0.4) is 0 Å². The predicted octanol–water partition coefficient (Wildman–Crippen LogP) is 1.06. The monoisotopic (exact) mass is 1340 g/mol. The van der Waals surface area contributed by atoms with Crippen LogP contribution in [0.25, 0.3) is 0 Å². The van der Waals surface area contributed by atoms with Crippen molar-refractivity contribution in [2.24, 2.45) is 27.9 Å². The third kappa shape index (κ3) is 26.3. The first-order valence-electron chi connectivity index (χ1n) is 33.5. The molecule has 0 aliphatic carbocycles. The molecule has 91 heavy (non-hydrogen) atoms. The van der Waals surface area contributed by atoms with E-state index < -0.39 is 104 Å². The largest absolute Gasteiger partial charge is 0.494 e. The van der Waals surface area contributed by atoms with E-state index in [0.29, 0.717) is 128 Å². The Morgan fingerprint density at radius 3 is 1.58 bits per heavy atom. The number of unbranched alkanes of at least 4 members (excludes halogenated alkanes) is 3. The van der Waals surface area contributed by atoms with E-state index in [0.717, 1.165) is 0 Å². The van der Waals surface area contributed by atoms with Crippen LogP contribution in [0.4, 0.5) is 0 Å². The summed E-state index contributed by atoms with van der Waals surface area (Å²) in [6.07, 6.45) is 4.73. The van der Waals surface area contributed by atoms with Crippen molar-refractivity contribution >= 4 is 85.3 Å². The van der Waals surface area contributed by atoms with Gasteiger partial charge in [0.1, 0.15) is 30.2 Å². The Bertz CT molecular complexity index is 2390. The average Bonchev–Trinajstić information content (AvgIpc) is 1.62. The highest BCUT2D eigenvalue weighted by Crippen LogP contribution is 2.44. The topological polar surface area (TPSA) is 425 Å². The molecule has 4 rings (SSSR count). The van der Waals surface area contributed by atoms with E-state index in [2.05, 4.69) is 61.4 Å². The van der Waals surface area contributed by atoms with E-state index in [1.807, 2.05) is 27.7 Å². The Morgan fingerprint density at radius 1 is 0.593 bits per heavy atom. The summed E-state index contributed by atoms with van der Waals surface area (Å²) in [5, 5.41) is 23.1. The van der Waals surface area contributed by atoms with Gasteiger partial charge in [0.15, 0.2) is 5.96 Å². The second-order valence-corrected chi connectivity index (χ2v) is 34.4. The maximum Gasteiger partial charge on any atom is 0.494 e. The predicted molar refractivity (Wildman–Crippen MR) is 349 cm³/mol. The molecule has 4 heterocycles. The quantitative estimate of drug-likeness (QED) is 0.0179. The number of hydrogen-bond acceptors (Lipinski definition) is 18. The second-order valence-electron chi connectivity index (χ2n) is 24.8.